The van der Waals surface area contributed by atoms with E-state index in [1.54, 1.807) is 0 Å². The van der Waals surface area contributed by atoms with Gasteiger partial charge in [0.1, 0.15) is 0 Å². The highest BCUT2D eigenvalue weighted by atomic mass is 32.2. The highest BCUT2D eigenvalue weighted by Gasteiger charge is 2.42. The summed E-state index contributed by atoms with van der Waals surface area (Å²) >= 11 is 5.84. The predicted molar refractivity (Wildman–Crippen MR) is 115 cm³/mol. The number of amides is 4. The fourth-order valence-corrected chi connectivity index (χ4v) is 4.67. The Balaban J connectivity index is 0.000000633. The van der Waals surface area contributed by atoms with Crippen molar-refractivity contribution in [3.05, 3.63) is 0 Å². The summed E-state index contributed by atoms with van der Waals surface area (Å²) in [6.07, 6.45) is -1.84. The first kappa shape index (κ1) is 28.2. The summed E-state index contributed by atoms with van der Waals surface area (Å²) in [6.45, 7) is 0.754. The molecule has 0 bridgehead atoms. The number of carbonyl (C=O) groups is 4. The van der Waals surface area contributed by atoms with Crippen LogP contribution in [-0.2, 0) is 14.4 Å². The molecule has 10 nitrogen and oxygen atoms in total. The number of halogens is 3. The number of urea groups is 1. The molecule has 0 radical (unpaired) electrons. The molecule has 0 spiro atoms. The van der Waals surface area contributed by atoms with Crippen molar-refractivity contribution < 1.29 is 37.5 Å². The highest BCUT2D eigenvalue weighted by Crippen LogP contribution is 2.33. The van der Waals surface area contributed by atoms with Gasteiger partial charge in [-0.05, 0) is 12.8 Å². The number of aliphatic carboxylic acids is 1. The normalized spacial score (nSPS) is 22.5. The fourth-order valence-electron chi connectivity index (χ4n) is 2.96. The lowest BCUT2D eigenvalue weighted by atomic mass is 10.0. The third-order valence-corrected chi connectivity index (χ3v) is 6.51. The summed E-state index contributed by atoms with van der Waals surface area (Å²) in [5.74, 6) is -1.78. The van der Waals surface area contributed by atoms with Gasteiger partial charge in [-0.3, -0.25) is 9.59 Å². The van der Waals surface area contributed by atoms with E-state index in [2.05, 4.69) is 33.9 Å². The topological polar surface area (TPSA) is 163 Å². The van der Waals surface area contributed by atoms with Gasteiger partial charge < -0.3 is 32.1 Å². The molecule has 2 fully saturated rings. The summed E-state index contributed by atoms with van der Waals surface area (Å²) in [5.41, 5.74) is 5.53. The maximum Gasteiger partial charge on any atom is 0.490 e. The summed E-state index contributed by atoms with van der Waals surface area (Å²) in [4.78, 5) is 43.4. The Morgan fingerprint density at radius 3 is 2.44 bits per heavy atom. The Kier molecular flexibility index (Phi) is 12.0. The summed E-state index contributed by atoms with van der Waals surface area (Å²) in [6, 6.07) is -0.218. The molecule has 2 aliphatic rings. The van der Waals surface area contributed by atoms with Crippen LogP contribution in [0.3, 0.4) is 0 Å². The van der Waals surface area contributed by atoms with Gasteiger partial charge in [0.25, 0.3) is 0 Å². The summed E-state index contributed by atoms with van der Waals surface area (Å²) in [5, 5.41) is 18.9. The van der Waals surface area contributed by atoms with Gasteiger partial charge in [-0.1, -0.05) is 6.42 Å². The number of hydrogen-bond donors (Lipinski definition) is 7. The number of rotatable bonds is 10. The first-order chi connectivity index (χ1) is 15.0. The predicted octanol–water partition coefficient (Wildman–Crippen LogP) is -0.165. The van der Waals surface area contributed by atoms with Gasteiger partial charge in [0, 0.05) is 36.3 Å². The van der Waals surface area contributed by atoms with Crippen molar-refractivity contribution in [3.63, 3.8) is 0 Å². The molecular formula is C17H28F3N5O5S2. The molecule has 7 N–H and O–H groups in total. The Bertz CT molecular complexity index is 671. The van der Waals surface area contributed by atoms with Crippen LogP contribution in [0.1, 0.15) is 25.7 Å². The first-order valence-electron chi connectivity index (χ1n) is 9.85. The summed E-state index contributed by atoms with van der Waals surface area (Å²) < 4.78 is 31.7. The van der Waals surface area contributed by atoms with Crippen molar-refractivity contribution in [2.24, 2.45) is 5.73 Å². The number of carboxylic acids is 1. The molecule has 15 heteroatoms. The van der Waals surface area contributed by atoms with Crippen LogP contribution in [0.2, 0.25) is 0 Å². The minimum absolute atomic E-state index is 0.0134. The van der Waals surface area contributed by atoms with E-state index in [9.17, 15) is 27.6 Å². The molecule has 0 aromatic rings. The first-order valence-corrected chi connectivity index (χ1v) is 11.5. The second kappa shape index (κ2) is 13.6. The van der Waals surface area contributed by atoms with Crippen molar-refractivity contribution in [1.82, 2.24) is 21.3 Å². The average Bonchev–Trinajstić information content (AvgIpc) is 3.26. The number of nitrogens with one attached hydrogen (secondary N) is 4. The molecule has 4 amide bonds. The van der Waals surface area contributed by atoms with Gasteiger partial charge in [-0.15, -0.1) is 0 Å². The second-order valence-corrected chi connectivity index (χ2v) is 8.74. The van der Waals surface area contributed by atoms with E-state index in [4.69, 9.17) is 15.6 Å². The van der Waals surface area contributed by atoms with Crippen LogP contribution in [0.5, 0.6) is 0 Å². The standard InChI is InChI=1S/C15H27N5O3S2.C2HF3O2/c16-9(7-24)14(22)18-6-5-17-12(21)4-2-1-3-11-13-10(8-25-11)19-15(23)20-13;3-2(4,5)1(6)7/h9-11,13,24H,1-8,16H2,(H,17,21)(H,18,22)(H2,19,20,23);(H,6,7)/t9-,10?,11-,13?;/m0./s1. The van der Waals surface area contributed by atoms with Crippen LogP contribution < -0.4 is 27.0 Å². The van der Waals surface area contributed by atoms with E-state index in [0.29, 0.717) is 30.5 Å². The van der Waals surface area contributed by atoms with Crippen molar-refractivity contribution in [1.29, 1.82) is 0 Å². The van der Waals surface area contributed by atoms with Crippen LogP contribution in [0.4, 0.5) is 18.0 Å². The van der Waals surface area contributed by atoms with Crippen molar-refractivity contribution in [2.75, 3.05) is 24.6 Å². The van der Waals surface area contributed by atoms with Crippen LogP contribution in [0.15, 0.2) is 0 Å². The Morgan fingerprint density at radius 2 is 1.84 bits per heavy atom. The maximum absolute atomic E-state index is 11.8. The van der Waals surface area contributed by atoms with Crippen molar-refractivity contribution in [2.45, 2.75) is 55.2 Å². The second-order valence-electron chi connectivity index (χ2n) is 7.10. The van der Waals surface area contributed by atoms with Gasteiger partial charge in [-0.2, -0.15) is 37.6 Å². The van der Waals surface area contributed by atoms with Gasteiger partial charge in [0.15, 0.2) is 0 Å². The lowest BCUT2D eigenvalue weighted by Crippen LogP contribution is -2.44. The van der Waals surface area contributed by atoms with Crippen molar-refractivity contribution in [3.8, 4) is 0 Å². The number of carbonyl (C=O) groups excluding carboxylic acids is 3. The quantitative estimate of drug-likeness (QED) is 0.124. The Morgan fingerprint density at radius 1 is 1.22 bits per heavy atom. The maximum atomic E-state index is 11.8. The zero-order valence-corrected chi connectivity index (χ0v) is 18.8. The van der Waals surface area contributed by atoms with E-state index in [1.165, 1.54) is 0 Å². The average molecular weight is 504 g/mol. The molecule has 0 aromatic carbocycles. The molecule has 0 saturated carbocycles. The van der Waals surface area contributed by atoms with E-state index in [0.717, 1.165) is 25.0 Å². The molecule has 2 heterocycles. The SMILES string of the molecule is N[C@@H](CS)C(=O)NCCNC(=O)CCCC[C@@H]1SCC2NC(=O)NC21.O=C(O)C(F)(F)F. The van der Waals surface area contributed by atoms with Gasteiger partial charge in [0.2, 0.25) is 11.8 Å². The molecule has 2 saturated heterocycles. The molecule has 0 aromatic heterocycles. The number of nitrogens with two attached hydrogens (primary N) is 1. The lowest BCUT2D eigenvalue weighted by Gasteiger charge is -2.16. The number of hydrogen-bond acceptors (Lipinski definition) is 7. The molecule has 32 heavy (non-hydrogen) atoms. The molecule has 2 unspecified atom stereocenters. The van der Waals surface area contributed by atoms with Gasteiger partial charge in [-0.25, -0.2) is 9.59 Å². The van der Waals surface area contributed by atoms with E-state index in [1.807, 2.05) is 11.8 Å². The third kappa shape index (κ3) is 10.2. The van der Waals surface area contributed by atoms with Gasteiger partial charge >= 0.3 is 18.2 Å². The molecule has 2 rings (SSSR count). The number of thioether (sulfide) groups is 1. The smallest absolute Gasteiger partial charge is 0.475 e. The molecule has 184 valence electrons. The number of unbranched alkanes of at least 4 members (excludes halogenated alkanes) is 1. The molecule has 4 atom stereocenters. The van der Waals surface area contributed by atoms with E-state index < -0.39 is 18.2 Å². The van der Waals surface area contributed by atoms with E-state index in [-0.39, 0.29) is 29.9 Å². The van der Waals surface area contributed by atoms with E-state index >= 15 is 0 Å². The summed E-state index contributed by atoms with van der Waals surface area (Å²) in [7, 11) is 0. The Hall–Kier alpha value is -1.87. The van der Waals surface area contributed by atoms with Crippen molar-refractivity contribution >= 4 is 48.2 Å². The third-order valence-electron chi connectivity index (χ3n) is 4.60. The minimum atomic E-state index is -5.08. The van der Waals surface area contributed by atoms with Gasteiger partial charge in [0.05, 0.1) is 18.1 Å². The monoisotopic (exact) mass is 503 g/mol. The van der Waals surface area contributed by atoms with Crippen LogP contribution in [0, 0.1) is 0 Å². The largest absolute Gasteiger partial charge is 0.490 e. The zero-order valence-electron chi connectivity index (χ0n) is 17.1. The number of thiol groups is 1. The fraction of sp³-hybridized carbons (Fsp3) is 0.765. The van der Waals surface area contributed by atoms with Crippen LogP contribution >= 0.6 is 24.4 Å². The number of alkyl halides is 3. The molecule has 2 aliphatic heterocycles. The minimum Gasteiger partial charge on any atom is -0.475 e. The number of fused-ring (bicyclic) bond motifs is 1. The molecule has 0 aliphatic carbocycles. The van der Waals surface area contributed by atoms with Crippen LogP contribution in [0.25, 0.3) is 0 Å². The highest BCUT2D eigenvalue weighted by molar-refractivity contribution is 8.00. The van der Waals surface area contributed by atoms with Crippen LogP contribution in [-0.4, -0.2) is 83.1 Å². The zero-order chi connectivity index (χ0) is 24.3. The number of carboxylic acid groups (broad SMARTS) is 1. The lowest BCUT2D eigenvalue weighted by molar-refractivity contribution is -0.192. The molecular weight excluding hydrogens is 475 g/mol. The Labute approximate surface area is 192 Å².